The number of benzene rings is 8. The average molecular weight is 666 g/mol. The molecule has 9 aromatic rings. The van der Waals surface area contributed by atoms with Crippen molar-refractivity contribution in [1.29, 1.82) is 0 Å². The molecule has 0 aliphatic heterocycles. The maximum atomic E-state index is 6.43. The normalized spacial score (nSPS) is 11.1. The molecule has 8 aromatic carbocycles. The van der Waals surface area contributed by atoms with Crippen LogP contribution in [0.3, 0.4) is 0 Å². The minimum Gasteiger partial charge on any atom is -0.456 e. The average Bonchev–Trinajstić information content (AvgIpc) is 3.67. The molecule has 0 unspecified atom stereocenters. The van der Waals surface area contributed by atoms with Crippen molar-refractivity contribution < 1.29 is 4.42 Å². The zero-order chi connectivity index (χ0) is 34.7. The van der Waals surface area contributed by atoms with Gasteiger partial charge in [0.05, 0.1) is 5.69 Å². The molecular weight excluding hydrogens is 631 g/mol. The van der Waals surface area contributed by atoms with Gasteiger partial charge in [0.15, 0.2) is 0 Å². The zero-order valence-electron chi connectivity index (χ0n) is 28.6. The first kappa shape index (κ1) is 31.1. The van der Waals surface area contributed by atoms with Gasteiger partial charge in [0.2, 0.25) is 0 Å². The van der Waals surface area contributed by atoms with Gasteiger partial charge in [0, 0.05) is 27.9 Å². The molecule has 0 radical (unpaired) electrons. The summed E-state index contributed by atoms with van der Waals surface area (Å²) in [5.74, 6) is 0.862. The van der Waals surface area contributed by atoms with Crippen molar-refractivity contribution in [2.24, 2.45) is 0 Å². The maximum Gasteiger partial charge on any atom is 0.136 e. The van der Waals surface area contributed by atoms with Crippen LogP contribution in [0.25, 0.3) is 66.8 Å². The summed E-state index contributed by atoms with van der Waals surface area (Å²) in [4.78, 5) is 2.36. The van der Waals surface area contributed by atoms with Crippen LogP contribution in [0.1, 0.15) is 0 Å². The first-order chi connectivity index (χ1) is 25.8. The third-order valence-corrected chi connectivity index (χ3v) is 9.72. The Balaban J connectivity index is 1.14. The summed E-state index contributed by atoms with van der Waals surface area (Å²) in [7, 11) is 0. The van der Waals surface area contributed by atoms with Crippen LogP contribution < -0.4 is 4.90 Å². The molecule has 0 saturated heterocycles. The first-order valence-electron chi connectivity index (χ1n) is 17.7. The van der Waals surface area contributed by atoms with E-state index in [4.69, 9.17) is 4.42 Å². The van der Waals surface area contributed by atoms with Gasteiger partial charge in [-0.1, -0.05) is 164 Å². The van der Waals surface area contributed by atoms with Gasteiger partial charge in [-0.25, -0.2) is 0 Å². The lowest BCUT2D eigenvalue weighted by Gasteiger charge is -2.28. The van der Waals surface area contributed by atoms with E-state index in [0.29, 0.717) is 0 Å². The van der Waals surface area contributed by atoms with Crippen LogP contribution in [0.5, 0.6) is 0 Å². The number of anilines is 3. The smallest absolute Gasteiger partial charge is 0.136 e. The van der Waals surface area contributed by atoms with Crippen molar-refractivity contribution in [2.75, 3.05) is 4.90 Å². The molecule has 0 aliphatic rings. The van der Waals surface area contributed by atoms with E-state index in [-0.39, 0.29) is 0 Å². The van der Waals surface area contributed by atoms with Gasteiger partial charge < -0.3 is 9.32 Å². The van der Waals surface area contributed by atoms with Gasteiger partial charge in [-0.15, -0.1) is 0 Å². The fourth-order valence-corrected chi connectivity index (χ4v) is 7.11. The van der Waals surface area contributed by atoms with E-state index in [1.807, 2.05) is 12.1 Å². The molecule has 0 aliphatic carbocycles. The summed E-state index contributed by atoms with van der Waals surface area (Å²) in [6.07, 6.45) is 0. The van der Waals surface area contributed by atoms with E-state index in [0.717, 1.165) is 61.6 Å². The number of rotatable bonds is 8. The lowest BCUT2D eigenvalue weighted by Crippen LogP contribution is -2.11. The van der Waals surface area contributed by atoms with Crippen LogP contribution >= 0.6 is 0 Å². The minimum absolute atomic E-state index is 0.862. The molecule has 1 aromatic heterocycles. The Morgan fingerprint density at radius 1 is 0.308 bits per heavy atom. The van der Waals surface area contributed by atoms with Crippen LogP contribution in [0.4, 0.5) is 17.1 Å². The summed E-state index contributed by atoms with van der Waals surface area (Å²) >= 11 is 0. The van der Waals surface area contributed by atoms with Crippen LogP contribution in [-0.4, -0.2) is 0 Å². The SMILES string of the molecule is c1ccc(-c2ccc(N(c3ccc(-c4ccc(-c5ccccc5)c(-c5cc6ccccc6o5)c4)cc3)c3ccccc3-c3ccccc3)cc2)cc1. The summed E-state index contributed by atoms with van der Waals surface area (Å²) in [6.45, 7) is 0. The largest absolute Gasteiger partial charge is 0.456 e. The van der Waals surface area contributed by atoms with E-state index in [1.54, 1.807) is 0 Å². The number of nitrogens with zero attached hydrogens (tertiary/aromatic N) is 1. The molecule has 0 fully saturated rings. The minimum atomic E-state index is 0.862. The van der Waals surface area contributed by atoms with E-state index >= 15 is 0 Å². The second-order valence-electron chi connectivity index (χ2n) is 13.0. The highest BCUT2D eigenvalue weighted by atomic mass is 16.3. The second-order valence-corrected chi connectivity index (χ2v) is 13.0. The number of furan rings is 1. The topological polar surface area (TPSA) is 16.4 Å². The molecule has 0 saturated carbocycles. The van der Waals surface area contributed by atoms with Crippen LogP contribution in [0.15, 0.2) is 217 Å². The van der Waals surface area contributed by atoms with Crippen molar-refractivity contribution >= 4 is 28.0 Å². The second kappa shape index (κ2) is 13.8. The number of hydrogen-bond donors (Lipinski definition) is 0. The maximum absolute atomic E-state index is 6.43. The fourth-order valence-electron chi connectivity index (χ4n) is 7.11. The Bertz CT molecular complexity index is 2560. The standard InChI is InChI=1S/C50H35NO/c1-4-14-36(15-5-1)37-24-29-43(30-25-37)51(48-22-12-11-21-46(48)40-18-8-3-9-19-40)44-31-26-38(27-32-44)41-28-33-45(39-16-6-2-7-17-39)47(34-41)50-35-42-20-10-13-23-49(42)52-50/h1-35H. The number of para-hydroxylation sites is 2. The highest BCUT2D eigenvalue weighted by Crippen LogP contribution is 2.43. The van der Waals surface area contributed by atoms with Gasteiger partial charge in [-0.2, -0.15) is 0 Å². The molecule has 0 spiro atoms. The molecule has 2 heteroatoms. The van der Waals surface area contributed by atoms with E-state index < -0.39 is 0 Å². The third kappa shape index (κ3) is 6.08. The Kier molecular flexibility index (Phi) is 8.24. The molecule has 2 nitrogen and oxygen atoms in total. The van der Waals surface area contributed by atoms with Crippen LogP contribution in [-0.2, 0) is 0 Å². The lowest BCUT2D eigenvalue weighted by molar-refractivity contribution is 0.632. The van der Waals surface area contributed by atoms with Crippen LogP contribution in [0.2, 0.25) is 0 Å². The van der Waals surface area contributed by atoms with E-state index in [2.05, 4.69) is 205 Å². The summed E-state index contributed by atoms with van der Waals surface area (Å²) in [5.41, 5.74) is 14.6. The van der Waals surface area contributed by atoms with Gasteiger partial charge in [-0.05, 0) is 87.5 Å². The summed E-state index contributed by atoms with van der Waals surface area (Å²) in [6, 6.07) is 75.2. The van der Waals surface area contributed by atoms with E-state index in [9.17, 15) is 0 Å². The Morgan fingerprint density at radius 2 is 0.788 bits per heavy atom. The van der Waals surface area contributed by atoms with Crippen molar-refractivity contribution in [2.45, 2.75) is 0 Å². The van der Waals surface area contributed by atoms with Crippen molar-refractivity contribution in [1.82, 2.24) is 0 Å². The van der Waals surface area contributed by atoms with Gasteiger partial charge in [0.25, 0.3) is 0 Å². The quantitative estimate of drug-likeness (QED) is 0.161. The highest BCUT2D eigenvalue weighted by molar-refractivity contribution is 5.92. The van der Waals surface area contributed by atoms with E-state index in [1.165, 1.54) is 22.3 Å². The molecular formula is C50H35NO. The Labute approximate surface area is 304 Å². The molecule has 0 amide bonds. The molecule has 52 heavy (non-hydrogen) atoms. The molecule has 0 N–H and O–H groups in total. The Hall–Kier alpha value is -6.90. The monoisotopic (exact) mass is 665 g/mol. The Morgan fingerprint density at radius 3 is 1.42 bits per heavy atom. The van der Waals surface area contributed by atoms with Gasteiger partial charge in [0.1, 0.15) is 11.3 Å². The molecule has 0 atom stereocenters. The number of hydrogen-bond acceptors (Lipinski definition) is 2. The van der Waals surface area contributed by atoms with Crippen molar-refractivity contribution in [3.63, 3.8) is 0 Å². The molecule has 0 bridgehead atoms. The molecule has 246 valence electrons. The zero-order valence-corrected chi connectivity index (χ0v) is 28.6. The highest BCUT2D eigenvalue weighted by Gasteiger charge is 2.18. The van der Waals surface area contributed by atoms with Crippen molar-refractivity contribution in [3.05, 3.63) is 212 Å². The fraction of sp³-hybridized carbons (Fsp3) is 0. The summed E-state index contributed by atoms with van der Waals surface area (Å²) < 4.78 is 6.43. The number of fused-ring (bicyclic) bond motifs is 1. The third-order valence-electron chi connectivity index (χ3n) is 9.72. The van der Waals surface area contributed by atoms with Gasteiger partial charge >= 0.3 is 0 Å². The molecule has 9 rings (SSSR count). The van der Waals surface area contributed by atoms with Crippen molar-refractivity contribution in [3.8, 4) is 55.8 Å². The van der Waals surface area contributed by atoms with Crippen LogP contribution in [0, 0.1) is 0 Å². The predicted molar refractivity (Wildman–Crippen MR) is 218 cm³/mol. The van der Waals surface area contributed by atoms with Gasteiger partial charge in [-0.3, -0.25) is 0 Å². The predicted octanol–water partition coefficient (Wildman–Crippen LogP) is 14.2. The molecule has 1 heterocycles. The lowest BCUT2D eigenvalue weighted by atomic mass is 9.93. The summed E-state index contributed by atoms with van der Waals surface area (Å²) in [5, 5.41) is 1.10. The first-order valence-corrected chi connectivity index (χ1v) is 17.7.